The third-order valence-electron chi connectivity index (χ3n) is 4.39. The Morgan fingerprint density at radius 2 is 2.19 bits per heavy atom. The lowest BCUT2D eigenvalue weighted by molar-refractivity contribution is -0.171. The van der Waals surface area contributed by atoms with Crippen molar-refractivity contribution in [2.75, 3.05) is 6.61 Å². The van der Waals surface area contributed by atoms with Crippen LogP contribution in [-0.4, -0.2) is 18.5 Å². The fourth-order valence-electron chi connectivity index (χ4n) is 3.28. The first-order valence-electron chi connectivity index (χ1n) is 7.23. The van der Waals surface area contributed by atoms with Gasteiger partial charge in [0.25, 0.3) is 0 Å². The predicted molar refractivity (Wildman–Crippen MR) is 76.9 cm³/mol. The third kappa shape index (κ3) is 1.97. The van der Waals surface area contributed by atoms with Gasteiger partial charge in [0, 0.05) is 11.5 Å². The Bertz CT molecular complexity index is 631. The fraction of sp³-hybridized carbons (Fsp3) is 0.412. The van der Waals surface area contributed by atoms with E-state index in [4.69, 9.17) is 9.47 Å². The smallest absolute Gasteiger partial charge is 0.329 e. The molecule has 4 nitrogen and oxygen atoms in total. The molecule has 0 saturated heterocycles. The number of hydrogen-bond acceptors (Lipinski definition) is 4. The largest absolute Gasteiger partial charge is 0.465 e. The molecule has 0 N–H and O–H groups in total. The van der Waals surface area contributed by atoms with Crippen LogP contribution in [0.25, 0.3) is 0 Å². The predicted octanol–water partition coefficient (Wildman–Crippen LogP) is 2.98. The normalized spacial score (nSPS) is 27.0. The van der Waals surface area contributed by atoms with Crippen molar-refractivity contribution in [2.45, 2.75) is 32.6 Å². The van der Waals surface area contributed by atoms with E-state index in [2.05, 4.69) is 0 Å². The molecule has 0 spiro atoms. The summed E-state index contributed by atoms with van der Waals surface area (Å²) in [5.41, 5.74) is 0.867. The Labute approximate surface area is 123 Å². The molecule has 2 atom stereocenters. The summed E-state index contributed by atoms with van der Waals surface area (Å²) < 4.78 is 10.6. The monoisotopic (exact) mass is 286 g/mol. The summed E-state index contributed by atoms with van der Waals surface area (Å²) in [4.78, 5) is 25.1. The van der Waals surface area contributed by atoms with E-state index in [1.54, 1.807) is 13.0 Å². The fourth-order valence-corrected chi connectivity index (χ4v) is 3.28. The second kappa shape index (κ2) is 5.02. The molecule has 0 bridgehead atoms. The molecule has 1 aliphatic heterocycles. The molecule has 0 unspecified atom stereocenters. The zero-order valence-corrected chi connectivity index (χ0v) is 12.2. The average molecular weight is 286 g/mol. The third-order valence-corrected chi connectivity index (χ3v) is 4.39. The minimum Gasteiger partial charge on any atom is -0.465 e. The summed E-state index contributed by atoms with van der Waals surface area (Å²) in [5, 5.41) is 0. The molecule has 21 heavy (non-hydrogen) atoms. The van der Waals surface area contributed by atoms with Gasteiger partial charge in [0.15, 0.2) is 5.41 Å². The Kier molecular flexibility index (Phi) is 3.32. The lowest BCUT2D eigenvalue weighted by Gasteiger charge is -2.42. The van der Waals surface area contributed by atoms with Crippen molar-refractivity contribution in [1.29, 1.82) is 0 Å². The number of benzene rings is 1. The highest BCUT2D eigenvalue weighted by atomic mass is 16.6. The maximum atomic E-state index is 12.6. The Morgan fingerprint density at radius 3 is 2.95 bits per heavy atom. The molecular formula is C17H18O4. The van der Waals surface area contributed by atoms with E-state index in [-0.39, 0.29) is 12.5 Å². The number of esters is 2. The molecule has 1 aliphatic carbocycles. The van der Waals surface area contributed by atoms with Gasteiger partial charge >= 0.3 is 11.9 Å². The van der Waals surface area contributed by atoms with Gasteiger partial charge in [-0.2, -0.15) is 0 Å². The van der Waals surface area contributed by atoms with E-state index in [1.165, 1.54) is 5.57 Å². The number of ether oxygens (including phenoxy) is 2. The Hall–Kier alpha value is -2.10. The van der Waals surface area contributed by atoms with Crippen molar-refractivity contribution in [3.05, 3.63) is 41.5 Å². The summed E-state index contributed by atoms with van der Waals surface area (Å²) in [5.74, 6) is -0.618. The Morgan fingerprint density at radius 1 is 1.43 bits per heavy atom. The van der Waals surface area contributed by atoms with E-state index in [9.17, 15) is 9.59 Å². The topological polar surface area (TPSA) is 52.6 Å². The first-order valence-corrected chi connectivity index (χ1v) is 7.23. The van der Waals surface area contributed by atoms with E-state index in [1.807, 2.05) is 31.2 Å². The summed E-state index contributed by atoms with van der Waals surface area (Å²) in [7, 11) is 0. The van der Waals surface area contributed by atoms with Crippen LogP contribution in [-0.2, 0) is 14.3 Å². The number of fused-ring (bicyclic) bond motifs is 3. The zero-order valence-electron chi connectivity index (χ0n) is 12.2. The van der Waals surface area contributed by atoms with Crippen LogP contribution in [0.5, 0.6) is 5.75 Å². The average Bonchev–Trinajstić information content (AvgIpc) is 2.47. The van der Waals surface area contributed by atoms with Crippen LogP contribution >= 0.6 is 0 Å². The molecule has 2 aliphatic rings. The number of rotatable bonds is 2. The van der Waals surface area contributed by atoms with Crippen LogP contribution in [0, 0.1) is 5.41 Å². The van der Waals surface area contributed by atoms with Crippen LogP contribution in [0.15, 0.2) is 35.9 Å². The number of carbonyl (C=O) groups excluding carboxylic acids is 2. The van der Waals surface area contributed by atoms with Crippen molar-refractivity contribution in [2.24, 2.45) is 5.41 Å². The first-order chi connectivity index (χ1) is 10.1. The van der Waals surface area contributed by atoms with E-state index < -0.39 is 17.4 Å². The lowest BCUT2D eigenvalue weighted by Crippen LogP contribution is -2.51. The lowest BCUT2D eigenvalue weighted by atomic mass is 9.63. The maximum absolute atomic E-state index is 12.6. The van der Waals surface area contributed by atoms with E-state index in [0.717, 1.165) is 5.56 Å². The molecule has 110 valence electrons. The molecule has 0 saturated carbocycles. The van der Waals surface area contributed by atoms with Crippen LogP contribution in [0.3, 0.4) is 0 Å². The van der Waals surface area contributed by atoms with Gasteiger partial charge in [-0.05, 0) is 32.8 Å². The summed E-state index contributed by atoms with van der Waals surface area (Å²) >= 11 is 0. The van der Waals surface area contributed by atoms with Crippen molar-refractivity contribution >= 4 is 11.9 Å². The maximum Gasteiger partial charge on any atom is 0.329 e. The van der Waals surface area contributed by atoms with Crippen LogP contribution in [0.4, 0.5) is 0 Å². The van der Waals surface area contributed by atoms with Gasteiger partial charge < -0.3 is 9.47 Å². The van der Waals surface area contributed by atoms with Gasteiger partial charge in [0.2, 0.25) is 0 Å². The molecular weight excluding hydrogens is 268 g/mol. The molecule has 3 rings (SSSR count). The quantitative estimate of drug-likeness (QED) is 0.363. The molecule has 1 heterocycles. The molecule has 0 fully saturated rings. The minimum absolute atomic E-state index is 0.209. The number of hydrogen-bond donors (Lipinski definition) is 0. The molecule has 1 aromatic rings. The van der Waals surface area contributed by atoms with Crippen molar-refractivity contribution in [1.82, 2.24) is 0 Å². The van der Waals surface area contributed by atoms with Crippen molar-refractivity contribution in [3.63, 3.8) is 0 Å². The van der Waals surface area contributed by atoms with Gasteiger partial charge in [-0.3, -0.25) is 9.59 Å². The van der Waals surface area contributed by atoms with Crippen LogP contribution in [0.2, 0.25) is 0 Å². The second-order valence-corrected chi connectivity index (χ2v) is 5.63. The van der Waals surface area contributed by atoms with E-state index >= 15 is 0 Å². The minimum atomic E-state index is -1.23. The highest BCUT2D eigenvalue weighted by molar-refractivity contribution is 6.04. The van der Waals surface area contributed by atoms with E-state index in [0.29, 0.717) is 18.6 Å². The van der Waals surface area contributed by atoms with Gasteiger partial charge in [0.1, 0.15) is 5.75 Å². The SMILES string of the molecule is CCOC(=O)[C@]12CC=C(C)C[C@H]1c1ccccc1OC2=O. The van der Waals surface area contributed by atoms with Crippen LogP contribution < -0.4 is 4.74 Å². The summed E-state index contributed by atoms with van der Waals surface area (Å²) in [6.07, 6.45) is 2.96. The number of carbonyl (C=O) groups is 2. The van der Waals surface area contributed by atoms with Crippen molar-refractivity contribution < 1.29 is 19.1 Å². The second-order valence-electron chi connectivity index (χ2n) is 5.63. The molecule has 0 amide bonds. The number of allylic oxidation sites excluding steroid dienone is 2. The highest BCUT2D eigenvalue weighted by Crippen LogP contribution is 2.53. The van der Waals surface area contributed by atoms with Crippen molar-refractivity contribution in [3.8, 4) is 5.75 Å². The first kappa shape index (κ1) is 13.9. The summed E-state index contributed by atoms with van der Waals surface area (Å²) in [6, 6.07) is 7.44. The van der Waals surface area contributed by atoms with Crippen LogP contribution in [0.1, 0.15) is 38.2 Å². The van der Waals surface area contributed by atoms with Gasteiger partial charge in [0.05, 0.1) is 6.61 Å². The van der Waals surface area contributed by atoms with Gasteiger partial charge in [-0.25, -0.2) is 0 Å². The molecule has 1 aromatic carbocycles. The number of para-hydroxylation sites is 1. The van der Waals surface area contributed by atoms with Gasteiger partial charge in [-0.15, -0.1) is 0 Å². The Balaban J connectivity index is 2.15. The zero-order chi connectivity index (χ0) is 15.0. The van der Waals surface area contributed by atoms with Gasteiger partial charge in [-0.1, -0.05) is 29.8 Å². The molecule has 4 heteroatoms. The molecule has 0 aromatic heterocycles. The molecule has 0 radical (unpaired) electrons. The summed E-state index contributed by atoms with van der Waals surface area (Å²) in [6.45, 7) is 4.03. The standard InChI is InChI=1S/C17H18O4/c1-3-20-15(18)17-9-8-11(2)10-13(17)12-6-4-5-7-14(12)21-16(17)19/h4-8,13H,3,9-10H2,1-2H3/t13-,17-/m0/s1. The highest BCUT2D eigenvalue weighted by Gasteiger charge is 2.58.